The average Bonchev–Trinajstić information content (AvgIpc) is 2.36. The van der Waals surface area contributed by atoms with Gasteiger partial charge in [-0.1, -0.05) is 19.1 Å². The van der Waals surface area contributed by atoms with Crippen molar-refractivity contribution in [2.45, 2.75) is 34.1 Å². The molecular weight excluding hydrogens is 218 g/mol. The van der Waals surface area contributed by atoms with E-state index in [0.717, 1.165) is 12.1 Å². The number of benzene rings is 2. The molecule has 0 atom stereocenters. The molecule has 0 spiro atoms. The Morgan fingerprint density at radius 2 is 1.39 bits per heavy atom. The van der Waals surface area contributed by atoms with Gasteiger partial charge in [-0.05, 0) is 73.7 Å². The second kappa shape index (κ2) is 5.26. The van der Waals surface area contributed by atoms with Crippen LogP contribution < -0.4 is 5.32 Å². The molecule has 0 aliphatic heterocycles. The zero-order valence-corrected chi connectivity index (χ0v) is 11.7. The molecule has 0 radical (unpaired) electrons. The van der Waals surface area contributed by atoms with Crippen LogP contribution in [0.2, 0.25) is 0 Å². The maximum atomic E-state index is 3.47. The Morgan fingerprint density at radius 3 is 2.00 bits per heavy atom. The molecule has 1 heteroatoms. The van der Waals surface area contributed by atoms with E-state index in [0.29, 0.717) is 0 Å². The van der Waals surface area contributed by atoms with Crippen molar-refractivity contribution in [2.24, 2.45) is 0 Å². The minimum Gasteiger partial charge on any atom is -0.356 e. The summed E-state index contributed by atoms with van der Waals surface area (Å²) in [4.78, 5) is 0. The third kappa shape index (κ3) is 2.73. The summed E-state index contributed by atoms with van der Waals surface area (Å²) in [5.41, 5.74) is 7.75. The Bertz CT molecular complexity index is 556. The summed E-state index contributed by atoms with van der Waals surface area (Å²) in [6.07, 6.45) is 1.08. The SMILES string of the molecule is CCc1cc(Nc2ccc(C)c(C)c2)ccc1C. The molecule has 1 N–H and O–H groups in total. The van der Waals surface area contributed by atoms with Crippen LogP contribution in [0.25, 0.3) is 0 Å². The maximum absolute atomic E-state index is 3.47. The zero-order valence-electron chi connectivity index (χ0n) is 11.7. The van der Waals surface area contributed by atoms with Gasteiger partial charge in [0.25, 0.3) is 0 Å². The highest BCUT2D eigenvalue weighted by atomic mass is 14.9. The van der Waals surface area contributed by atoms with Crippen molar-refractivity contribution in [3.05, 3.63) is 58.7 Å². The second-order valence-corrected chi connectivity index (χ2v) is 4.92. The molecular formula is C17H21N. The van der Waals surface area contributed by atoms with E-state index < -0.39 is 0 Å². The minimum atomic E-state index is 1.08. The topological polar surface area (TPSA) is 12.0 Å². The van der Waals surface area contributed by atoms with Gasteiger partial charge in [0.05, 0.1) is 0 Å². The highest BCUT2D eigenvalue weighted by molar-refractivity contribution is 5.62. The number of aryl methyl sites for hydroxylation is 4. The molecule has 0 unspecified atom stereocenters. The number of rotatable bonds is 3. The molecule has 0 aromatic heterocycles. The first-order valence-electron chi connectivity index (χ1n) is 6.54. The van der Waals surface area contributed by atoms with Crippen molar-refractivity contribution in [3.8, 4) is 0 Å². The van der Waals surface area contributed by atoms with Crippen molar-refractivity contribution in [1.29, 1.82) is 0 Å². The highest BCUT2D eigenvalue weighted by Gasteiger charge is 2.00. The molecule has 0 fully saturated rings. The lowest BCUT2D eigenvalue weighted by atomic mass is 10.1. The lowest BCUT2D eigenvalue weighted by Crippen LogP contribution is -1.94. The molecule has 0 saturated heterocycles. The van der Waals surface area contributed by atoms with Gasteiger partial charge in [0.2, 0.25) is 0 Å². The number of hydrogen-bond donors (Lipinski definition) is 1. The van der Waals surface area contributed by atoms with Crippen molar-refractivity contribution in [1.82, 2.24) is 0 Å². The predicted molar refractivity (Wildman–Crippen MR) is 79.8 cm³/mol. The van der Waals surface area contributed by atoms with Gasteiger partial charge in [-0.25, -0.2) is 0 Å². The van der Waals surface area contributed by atoms with Crippen LogP contribution in [0.4, 0.5) is 11.4 Å². The summed E-state index contributed by atoms with van der Waals surface area (Å²) >= 11 is 0. The fourth-order valence-corrected chi connectivity index (χ4v) is 2.12. The summed E-state index contributed by atoms with van der Waals surface area (Å²) < 4.78 is 0. The summed E-state index contributed by atoms with van der Waals surface area (Å²) in [6, 6.07) is 13.1. The summed E-state index contributed by atoms with van der Waals surface area (Å²) in [5.74, 6) is 0. The largest absolute Gasteiger partial charge is 0.356 e. The molecule has 2 rings (SSSR count). The molecule has 0 aliphatic carbocycles. The van der Waals surface area contributed by atoms with Crippen LogP contribution in [0, 0.1) is 20.8 Å². The Balaban J connectivity index is 2.25. The molecule has 0 aliphatic rings. The number of hydrogen-bond acceptors (Lipinski definition) is 1. The van der Waals surface area contributed by atoms with Crippen LogP contribution in [0.5, 0.6) is 0 Å². The van der Waals surface area contributed by atoms with Gasteiger partial charge < -0.3 is 5.32 Å². The Kier molecular flexibility index (Phi) is 3.71. The van der Waals surface area contributed by atoms with Crippen LogP contribution in [-0.2, 0) is 6.42 Å². The van der Waals surface area contributed by atoms with Crippen molar-refractivity contribution in [3.63, 3.8) is 0 Å². The maximum Gasteiger partial charge on any atom is 0.0387 e. The van der Waals surface area contributed by atoms with Gasteiger partial charge in [0.15, 0.2) is 0 Å². The third-order valence-electron chi connectivity index (χ3n) is 3.53. The molecule has 0 heterocycles. The van der Waals surface area contributed by atoms with Crippen molar-refractivity contribution in [2.75, 3.05) is 5.32 Å². The van der Waals surface area contributed by atoms with Crippen LogP contribution in [-0.4, -0.2) is 0 Å². The molecule has 18 heavy (non-hydrogen) atoms. The average molecular weight is 239 g/mol. The first kappa shape index (κ1) is 12.7. The normalized spacial score (nSPS) is 10.4. The van der Waals surface area contributed by atoms with Crippen molar-refractivity contribution >= 4 is 11.4 Å². The fourth-order valence-electron chi connectivity index (χ4n) is 2.12. The van der Waals surface area contributed by atoms with E-state index >= 15 is 0 Å². The lowest BCUT2D eigenvalue weighted by molar-refractivity contribution is 1.11. The quantitative estimate of drug-likeness (QED) is 0.801. The Morgan fingerprint density at radius 1 is 0.778 bits per heavy atom. The van der Waals surface area contributed by atoms with Crippen molar-refractivity contribution < 1.29 is 0 Å². The number of nitrogens with one attached hydrogen (secondary N) is 1. The molecule has 0 amide bonds. The summed E-state index contributed by atoms with van der Waals surface area (Å²) in [5, 5.41) is 3.47. The van der Waals surface area contributed by atoms with E-state index in [-0.39, 0.29) is 0 Å². The van der Waals surface area contributed by atoms with Crippen LogP contribution in [0.15, 0.2) is 36.4 Å². The number of anilines is 2. The molecule has 2 aromatic rings. The van der Waals surface area contributed by atoms with Gasteiger partial charge in [-0.3, -0.25) is 0 Å². The highest BCUT2D eigenvalue weighted by Crippen LogP contribution is 2.22. The molecule has 2 aromatic carbocycles. The Labute approximate surface area is 110 Å². The van der Waals surface area contributed by atoms with Crippen LogP contribution >= 0.6 is 0 Å². The van der Waals surface area contributed by atoms with E-state index in [9.17, 15) is 0 Å². The lowest BCUT2D eigenvalue weighted by Gasteiger charge is -2.11. The fraction of sp³-hybridized carbons (Fsp3) is 0.294. The van der Waals surface area contributed by atoms with Crippen LogP contribution in [0.3, 0.4) is 0 Å². The van der Waals surface area contributed by atoms with E-state index in [2.05, 4.69) is 69.4 Å². The van der Waals surface area contributed by atoms with E-state index in [1.165, 1.54) is 27.9 Å². The predicted octanol–water partition coefficient (Wildman–Crippen LogP) is 4.92. The van der Waals surface area contributed by atoms with E-state index in [4.69, 9.17) is 0 Å². The van der Waals surface area contributed by atoms with E-state index in [1.807, 2.05) is 0 Å². The standard InChI is InChI=1S/C17H21N/c1-5-15-11-17(9-7-13(15)3)18-16-8-6-12(2)14(4)10-16/h6-11,18H,5H2,1-4H3. The van der Waals surface area contributed by atoms with Gasteiger partial charge in [-0.15, -0.1) is 0 Å². The Hall–Kier alpha value is -1.76. The van der Waals surface area contributed by atoms with Gasteiger partial charge in [0.1, 0.15) is 0 Å². The monoisotopic (exact) mass is 239 g/mol. The molecule has 0 bridgehead atoms. The third-order valence-corrected chi connectivity index (χ3v) is 3.53. The molecule has 1 nitrogen and oxygen atoms in total. The van der Waals surface area contributed by atoms with Crippen LogP contribution in [0.1, 0.15) is 29.2 Å². The molecule has 0 saturated carbocycles. The van der Waals surface area contributed by atoms with Gasteiger partial charge in [0, 0.05) is 11.4 Å². The van der Waals surface area contributed by atoms with Gasteiger partial charge >= 0.3 is 0 Å². The van der Waals surface area contributed by atoms with E-state index in [1.54, 1.807) is 0 Å². The first-order chi connectivity index (χ1) is 8.60. The zero-order chi connectivity index (χ0) is 13.1. The summed E-state index contributed by atoms with van der Waals surface area (Å²) in [6.45, 7) is 8.65. The summed E-state index contributed by atoms with van der Waals surface area (Å²) in [7, 11) is 0. The smallest absolute Gasteiger partial charge is 0.0387 e. The minimum absolute atomic E-state index is 1.08. The first-order valence-corrected chi connectivity index (χ1v) is 6.54. The van der Waals surface area contributed by atoms with Gasteiger partial charge in [-0.2, -0.15) is 0 Å². The second-order valence-electron chi connectivity index (χ2n) is 4.92. The molecule has 94 valence electrons.